The lowest BCUT2D eigenvalue weighted by molar-refractivity contribution is -0.123. The first kappa shape index (κ1) is 12.4. The first-order valence-electron chi connectivity index (χ1n) is 5.26. The number of hydrogen-bond acceptors (Lipinski definition) is 3. The Balaban J connectivity index is 3.00. The van der Waals surface area contributed by atoms with Gasteiger partial charge in [0.25, 0.3) is 0 Å². The Hall–Kier alpha value is -1.65. The van der Waals surface area contributed by atoms with E-state index in [1.54, 1.807) is 0 Å². The molecule has 0 saturated carbocycles. The van der Waals surface area contributed by atoms with Crippen molar-refractivity contribution in [3.05, 3.63) is 33.1 Å². The van der Waals surface area contributed by atoms with E-state index in [1.165, 1.54) is 24.0 Å². The van der Waals surface area contributed by atoms with Gasteiger partial charge < -0.3 is 9.13 Å². The van der Waals surface area contributed by atoms with E-state index in [1.807, 2.05) is 13.8 Å². The number of aromatic nitrogens is 2. The molecule has 5 heteroatoms. The first-order valence-corrected chi connectivity index (χ1v) is 5.26. The van der Waals surface area contributed by atoms with Gasteiger partial charge in [-0.3, -0.25) is 14.4 Å². The van der Waals surface area contributed by atoms with Gasteiger partial charge in [0, 0.05) is 25.4 Å². The summed E-state index contributed by atoms with van der Waals surface area (Å²) in [7, 11) is 1.50. The van der Waals surface area contributed by atoms with Gasteiger partial charge in [0.1, 0.15) is 0 Å². The molecule has 1 heterocycles. The molecule has 0 bridgehead atoms. The van der Waals surface area contributed by atoms with Crippen LogP contribution in [0.2, 0.25) is 0 Å². The zero-order chi connectivity index (χ0) is 12.3. The highest BCUT2D eigenvalue weighted by Gasteiger charge is 2.12. The molecular formula is C11H16N2O3. The molecule has 5 nitrogen and oxygen atoms in total. The Labute approximate surface area is 93.3 Å². The summed E-state index contributed by atoms with van der Waals surface area (Å²) >= 11 is 0. The Morgan fingerprint density at radius 2 is 1.94 bits per heavy atom. The summed E-state index contributed by atoms with van der Waals surface area (Å²) in [6.45, 7) is 3.70. The van der Waals surface area contributed by atoms with Crippen LogP contribution in [0, 0.1) is 5.92 Å². The summed E-state index contributed by atoms with van der Waals surface area (Å²) in [5, 5.41) is 0. The number of ketones is 1. The maximum atomic E-state index is 11.6. The second-order valence-electron chi connectivity index (χ2n) is 3.92. The molecule has 0 saturated heterocycles. The van der Waals surface area contributed by atoms with Crippen LogP contribution >= 0.6 is 0 Å². The minimum Gasteiger partial charge on any atom is -0.312 e. The van der Waals surface area contributed by atoms with Gasteiger partial charge in [-0.2, -0.15) is 0 Å². The largest absolute Gasteiger partial charge is 0.316 e. The third-order valence-electron chi connectivity index (χ3n) is 2.72. The maximum absolute atomic E-state index is 11.6. The molecule has 0 spiro atoms. The molecule has 0 N–H and O–H groups in total. The number of hydrogen-bond donors (Lipinski definition) is 0. The van der Waals surface area contributed by atoms with Crippen molar-refractivity contribution in [2.45, 2.75) is 26.8 Å². The highest BCUT2D eigenvalue weighted by Crippen LogP contribution is 2.02. The van der Waals surface area contributed by atoms with Gasteiger partial charge in [0.05, 0.1) is 6.54 Å². The molecule has 16 heavy (non-hydrogen) atoms. The van der Waals surface area contributed by atoms with Crippen LogP contribution in [0.15, 0.2) is 22.0 Å². The Morgan fingerprint density at radius 3 is 2.50 bits per heavy atom. The van der Waals surface area contributed by atoms with E-state index in [-0.39, 0.29) is 18.2 Å². The lowest BCUT2D eigenvalue weighted by atomic mass is 10.0. The van der Waals surface area contributed by atoms with Crippen molar-refractivity contribution >= 4 is 5.78 Å². The van der Waals surface area contributed by atoms with Gasteiger partial charge in [0.15, 0.2) is 5.78 Å². The minimum atomic E-state index is -0.651. The molecule has 1 rings (SSSR count). The van der Waals surface area contributed by atoms with Crippen molar-refractivity contribution in [1.29, 1.82) is 0 Å². The van der Waals surface area contributed by atoms with Gasteiger partial charge in [0.2, 0.25) is 0 Å². The number of Topliss-reactive ketones (excluding diaryl/α,β-unsaturated/α-hetero) is 1. The number of carbonyl (C=O) groups excluding carboxylic acids is 1. The predicted molar refractivity (Wildman–Crippen MR) is 60.4 cm³/mol. The van der Waals surface area contributed by atoms with Crippen LogP contribution in [-0.4, -0.2) is 14.9 Å². The number of carbonyl (C=O) groups is 1. The minimum absolute atomic E-state index is 0.0239. The molecule has 0 amide bonds. The number of aryl methyl sites for hydroxylation is 1. The molecule has 1 aromatic heterocycles. The monoisotopic (exact) mass is 224 g/mol. The van der Waals surface area contributed by atoms with Crippen LogP contribution < -0.4 is 11.1 Å². The molecule has 1 unspecified atom stereocenters. The molecule has 0 aromatic carbocycles. The molecule has 0 radical (unpaired) electrons. The Bertz CT molecular complexity index is 499. The lowest BCUT2D eigenvalue weighted by Gasteiger charge is -2.09. The van der Waals surface area contributed by atoms with Gasteiger partial charge in [-0.25, -0.2) is 0 Å². The average Bonchev–Trinajstić information content (AvgIpc) is 2.28. The second kappa shape index (κ2) is 4.92. The molecule has 88 valence electrons. The standard InChI is InChI=1S/C11H16N2O3/c1-4-8(2)9(14)7-13-6-5-12(3)10(15)11(13)16/h5-6,8H,4,7H2,1-3H3. The third-order valence-corrected chi connectivity index (χ3v) is 2.72. The second-order valence-corrected chi connectivity index (χ2v) is 3.92. The van der Waals surface area contributed by atoms with E-state index in [0.29, 0.717) is 0 Å². The van der Waals surface area contributed by atoms with Crippen molar-refractivity contribution in [1.82, 2.24) is 9.13 Å². The van der Waals surface area contributed by atoms with E-state index in [2.05, 4.69) is 0 Å². The highest BCUT2D eigenvalue weighted by atomic mass is 16.2. The lowest BCUT2D eigenvalue weighted by Crippen LogP contribution is -2.41. The Morgan fingerprint density at radius 1 is 1.31 bits per heavy atom. The number of nitrogens with zero attached hydrogens (tertiary/aromatic N) is 2. The van der Waals surface area contributed by atoms with Gasteiger partial charge in [-0.15, -0.1) is 0 Å². The van der Waals surface area contributed by atoms with Crippen LogP contribution in [0.25, 0.3) is 0 Å². The molecule has 0 fully saturated rings. The van der Waals surface area contributed by atoms with Gasteiger partial charge in [-0.1, -0.05) is 13.8 Å². The Kier molecular flexibility index (Phi) is 3.82. The third kappa shape index (κ3) is 2.48. The first-order chi connectivity index (χ1) is 7.47. The average molecular weight is 224 g/mol. The highest BCUT2D eigenvalue weighted by molar-refractivity contribution is 5.80. The summed E-state index contributed by atoms with van der Waals surface area (Å²) in [5.41, 5.74) is -1.26. The quantitative estimate of drug-likeness (QED) is 0.684. The fourth-order valence-corrected chi connectivity index (χ4v) is 1.27. The molecule has 1 atom stereocenters. The zero-order valence-corrected chi connectivity index (χ0v) is 9.77. The molecule has 0 aliphatic rings. The molecule has 0 aliphatic carbocycles. The molecule has 1 aromatic rings. The van der Waals surface area contributed by atoms with Crippen LogP contribution in [-0.2, 0) is 18.4 Å². The normalized spacial score (nSPS) is 12.4. The topological polar surface area (TPSA) is 61.1 Å². The van der Waals surface area contributed by atoms with Crippen LogP contribution in [0.1, 0.15) is 20.3 Å². The van der Waals surface area contributed by atoms with Crippen LogP contribution in [0.4, 0.5) is 0 Å². The summed E-state index contributed by atoms with van der Waals surface area (Å²) in [4.78, 5) is 34.5. The van der Waals surface area contributed by atoms with E-state index in [4.69, 9.17) is 0 Å². The van der Waals surface area contributed by atoms with Crippen molar-refractivity contribution in [2.24, 2.45) is 13.0 Å². The fourth-order valence-electron chi connectivity index (χ4n) is 1.27. The zero-order valence-electron chi connectivity index (χ0n) is 9.77. The summed E-state index contributed by atoms with van der Waals surface area (Å²) in [6.07, 6.45) is 3.68. The van der Waals surface area contributed by atoms with Gasteiger partial charge >= 0.3 is 11.1 Å². The van der Waals surface area contributed by atoms with Crippen molar-refractivity contribution in [3.8, 4) is 0 Å². The van der Waals surface area contributed by atoms with Crippen molar-refractivity contribution < 1.29 is 4.79 Å². The van der Waals surface area contributed by atoms with E-state index in [0.717, 1.165) is 11.0 Å². The van der Waals surface area contributed by atoms with E-state index in [9.17, 15) is 14.4 Å². The summed E-state index contributed by atoms with van der Waals surface area (Å²) < 4.78 is 2.36. The van der Waals surface area contributed by atoms with Crippen LogP contribution in [0.3, 0.4) is 0 Å². The summed E-state index contributed by atoms with van der Waals surface area (Å²) in [5.74, 6) is -0.117. The van der Waals surface area contributed by atoms with Gasteiger partial charge in [-0.05, 0) is 6.42 Å². The van der Waals surface area contributed by atoms with E-state index < -0.39 is 11.1 Å². The fraction of sp³-hybridized carbons (Fsp3) is 0.545. The number of rotatable bonds is 4. The predicted octanol–water partition coefficient (Wildman–Crippen LogP) is 0.162. The maximum Gasteiger partial charge on any atom is 0.316 e. The van der Waals surface area contributed by atoms with E-state index >= 15 is 0 Å². The van der Waals surface area contributed by atoms with Crippen molar-refractivity contribution in [3.63, 3.8) is 0 Å². The summed E-state index contributed by atoms with van der Waals surface area (Å²) in [6, 6.07) is 0. The molecule has 0 aliphatic heterocycles. The smallest absolute Gasteiger partial charge is 0.312 e. The van der Waals surface area contributed by atoms with Crippen LogP contribution in [0.5, 0.6) is 0 Å². The van der Waals surface area contributed by atoms with Crippen molar-refractivity contribution in [2.75, 3.05) is 0 Å². The molecular weight excluding hydrogens is 208 g/mol. The SMILES string of the molecule is CCC(C)C(=O)Cn1ccn(C)c(=O)c1=O.